The van der Waals surface area contributed by atoms with Crippen LogP contribution in [0.2, 0.25) is 0 Å². The van der Waals surface area contributed by atoms with Crippen molar-refractivity contribution in [2.24, 2.45) is 17.8 Å². The van der Waals surface area contributed by atoms with Crippen LogP contribution in [-0.2, 0) is 26.5 Å². The number of sulfonamides is 2. The molecule has 2 saturated heterocycles. The van der Waals surface area contributed by atoms with E-state index < -0.39 is 26.0 Å². The van der Waals surface area contributed by atoms with E-state index in [-0.39, 0.29) is 16.1 Å². The summed E-state index contributed by atoms with van der Waals surface area (Å²) in [5.74, 6) is 1.44. The summed E-state index contributed by atoms with van der Waals surface area (Å²) in [5.41, 5.74) is 1.93. The van der Waals surface area contributed by atoms with Gasteiger partial charge in [-0.3, -0.25) is 9.10 Å². The average Bonchev–Trinajstić information content (AvgIpc) is 2.85. The number of piperidine rings is 1. The standard InChI is InChI=1S/C28H38N4O5S2/c1-31(38(2,34)35)27-11-6-20(16-21-18-29-19-21)17-26(27)28(33)30-24-7-9-25(10-8-24)39(36,37)32-14-12-23(13-15-32)22-4-3-5-22/h6-11,17,21-23,29H,3-5,12-16,18-19H2,1-2H3,(H,30,33). The molecular weight excluding hydrogens is 536 g/mol. The van der Waals surface area contributed by atoms with Gasteiger partial charge >= 0.3 is 0 Å². The van der Waals surface area contributed by atoms with Gasteiger partial charge in [-0.05, 0) is 92.1 Å². The fourth-order valence-electron chi connectivity index (χ4n) is 5.73. The number of anilines is 2. The Morgan fingerprint density at radius 2 is 1.62 bits per heavy atom. The van der Waals surface area contributed by atoms with Crippen molar-refractivity contribution in [2.45, 2.75) is 43.4 Å². The Morgan fingerprint density at radius 1 is 0.974 bits per heavy atom. The molecule has 3 fully saturated rings. The number of carbonyl (C=O) groups is 1. The number of amides is 1. The molecule has 0 unspecified atom stereocenters. The van der Waals surface area contributed by atoms with Crippen LogP contribution in [0.4, 0.5) is 11.4 Å². The van der Waals surface area contributed by atoms with E-state index in [0.29, 0.717) is 30.6 Å². The number of hydrogen-bond acceptors (Lipinski definition) is 6. The van der Waals surface area contributed by atoms with Crippen molar-refractivity contribution in [2.75, 3.05) is 49.1 Å². The van der Waals surface area contributed by atoms with E-state index in [9.17, 15) is 21.6 Å². The fraction of sp³-hybridized carbons (Fsp3) is 0.536. The van der Waals surface area contributed by atoms with Gasteiger partial charge in [0, 0.05) is 25.8 Å². The fourth-order valence-corrected chi connectivity index (χ4v) is 7.71. The molecule has 0 radical (unpaired) electrons. The number of rotatable bonds is 9. The molecule has 0 spiro atoms. The van der Waals surface area contributed by atoms with Crippen LogP contribution in [0.15, 0.2) is 47.4 Å². The van der Waals surface area contributed by atoms with Gasteiger partial charge < -0.3 is 10.6 Å². The third-order valence-electron chi connectivity index (χ3n) is 8.60. The van der Waals surface area contributed by atoms with Crippen molar-refractivity contribution >= 4 is 37.3 Å². The van der Waals surface area contributed by atoms with Crippen LogP contribution >= 0.6 is 0 Å². The maximum atomic E-state index is 13.4. The molecule has 3 aliphatic rings. The van der Waals surface area contributed by atoms with Crippen LogP contribution in [-0.4, -0.2) is 66.5 Å². The van der Waals surface area contributed by atoms with Crippen LogP contribution in [0, 0.1) is 17.8 Å². The van der Waals surface area contributed by atoms with Crippen molar-refractivity contribution < 1.29 is 21.6 Å². The Balaban J connectivity index is 1.30. The van der Waals surface area contributed by atoms with E-state index in [1.54, 1.807) is 28.6 Å². The molecule has 39 heavy (non-hydrogen) atoms. The van der Waals surface area contributed by atoms with Crippen molar-refractivity contribution in [3.63, 3.8) is 0 Å². The Bertz CT molecular complexity index is 1410. The Morgan fingerprint density at radius 3 is 2.15 bits per heavy atom. The normalized spacial score (nSPS) is 19.7. The van der Waals surface area contributed by atoms with Crippen molar-refractivity contribution in [3.05, 3.63) is 53.6 Å². The molecule has 5 rings (SSSR count). The van der Waals surface area contributed by atoms with Gasteiger partial charge in [0.25, 0.3) is 5.91 Å². The first-order chi connectivity index (χ1) is 18.5. The molecule has 2 heterocycles. The van der Waals surface area contributed by atoms with Gasteiger partial charge in [-0.1, -0.05) is 25.3 Å². The van der Waals surface area contributed by atoms with E-state index in [1.165, 1.54) is 38.4 Å². The molecule has 2 aliphatic heterocycles. The highest BCUT2D eigenvalue weighted by atomic mass is 32.2. The Hall–Kier alpha value is -2.47. The van der Waals surface area contributed by atoms with Gasteiger partial charge in [0.05, 0.1) is 22.4 Å². The Kier molecular flexibility index (Phi) is 8.05. The number of hydrogen-bond donors (Lipinski definition) is 2. The van der Waals surface area contributed by atoms with Crippen LogP contribution < -0.4 is 14.9 Å². The highest BCUT2D eigenvalue weighted by Crippen LogP contribution is 2.39. The van der Waals surface area contributed by atoms with E-state index in [0.717, 1.165) is 54.4 Å². The molecule has 0 aromatic heterocycles. The molecule has 1 amide bonds. The average molecular weight is 575 g/mol. The summed E-state index contributed by atoms with van der Waals surface area (Å²) in [4.78, 5) is 13.6. The highest BCUT2D eigenvalue weighted by molar-refractivity contribution is 7.92. The van der Waals surface area contributed by atoms with Crippen molar-refractivity contribution in [3.8, 4) is 0 Å². The lowest BCUT2D eigenvalue weighted by atomic mass is 9.72. The zero-order chi connectivity index (χ0) is 27.8. The van der Waals surface area contributed by atoms with Gasteiger partial charge in [0.15, 0.2) is 0 Å². The molecule has 11 heteroatoms. The van der Waals surface area contributed by atoms with Gasteiger partial charge in [0.1, 0.15) is 0 Å². The second-order valence-electron chi connectivity index (χ2n) is 11.2. The molecule has 2 aromatic rings. The molecule has 1 aliphatic carbocycles. The van der Waals surface area contributed by atoms with E-state index in [1.807, 2.05) is 6.07 Å². The molecule has 0 atom stereocenters. The highest BCUT2D eigenvalue weighted by Gasteiger charge is 2.34. The monoisotopic (exact) mass is 574 g/mol. The van der Waals surface area contributed by atoms with Gasteiger partial charge in [-0.2, -0.15) is 4.31 Å². The summed E-state index contributed by atoms with van der Waals surface area (Å²) in [6.45, 7) is 2.93. The van der Waals surface area contributed by atoms with Gasteiger partial charge in [-0.25, -0.2) is 16.8 Å². The minimum atomic E-state index is -3.60. The third-order valence-corrected chi connectivity index (χ3v) is 11.7. The van der Waals surface area contributed by atoms with E-state index in [2.05, 4.69) is 10.6 Å². The number of nitrogens with one attached hydrogen (secondary N) is 2. The quantitative estimate of drug-likeness (QED) is 0.475. The predicted molar refractivity (Wildman–Crippen MR) is 153 cm³/mol. The molecule has 2 aromatic carbocycles. The van der Waals surface area contributed by atoms with E-state index in [4.69, 9.17) is 0 Å². The van der Waals surface area contributed by atoms with Crippen LogP contribution in [0.3, 0.4) is 0 Å². The second-order valence-corrected chi connectivity index (χ2v) is 15.2. The molecular formula is C28H38N4O5S2. The lowest BCUT2D eigenvalue weighted by molar-refractivity contribution is 0.102. The summed E-state index contributed by atoms with van der Waals surface area (Å²) in [7, 11) is -5.76. The number of nitrogens with zero attached hydrogens (tertiary/aromatic N) is 2. The molecule has 2 N–H and O–H groups in total. The van der Waals surface area contributed by atoms with Crippen molar-refractivity contribution in [1.82, 2.24) is 9.62 Å². The maximum Gasteiger partial charge on any atom is 0.257 e. The van der Waals surface area contributed by atoms with Crippen LogP contribution in [0.25, 0.3) is 0 Å². The van der Waals surface area contributed by atoms with Crippen LogP contribution in [0.1, 0.15) is 48.0 Å². The van der Waals surface area contributed by atoms with Gasteiger partial charge in [-0.15, -0.1) is 0 Å². The summed E-state index contributed by atoms with van der Waals surface area (Å²) in [6.07, 6.45) is 7.57. The number of benzene rings is 2. The summed E-state index contributed by atoms with van der Waals surface area (Å²) < 4.78 is 53.6. The Labute approximate surface area is 232 Å². The predicted octanol–water partition coefficient (Wildman–Crippen LogP) is 3.30. The minimum absolute atomic E-state index is 0.205. The molecule has 9 nitrogen and oxygen atoms in total. The molecule has 1 saturated carbocycles. The third kappa shape index (κ3) is 6.16. The SMILES string of the molecule is CN(c1ccc(CC2CNC2)cc1C(=O)Nc1ccc(S(=O)(=O)N2CCC(C3CCC3)CC2)cc1)S(C)(=O)=O. The zero-order valence-electron chi connectivity index (χ0n) is 22.6. The van der Waals surface area contributed by atoms with Crippen LogP contribution in [0.5, 0.6) is 0 Å². The zero-order valence-corrected chi connectivity index (χ0v) is 24.2. The van der Waals surface area contributed by atoms with Gasteiger partial charge in [0.2, 0.25) is 20.0 Å². The summed E-state index contributed by atoms with van der Waals surface area (Å²) in [5, 5.41) is 6.06. The number of carbonyl (C=O) groups excluding carboxylic acids is 1. The largest absolute Gasteiger partial charge is 0.322 e. The molecule has 0 bridgehead atoms. The first-order valence-corrected chi connectivity index (χ1v) is 17.0. The van der Waals surface area contributed by atoms with Crippen molar-refractivity contribution in [1.29, 1.82) is 0 Å². The second kappa shape index (κ2) is 11.2. The lowest BCUT2D eigenvalue weighted by Crippen LogP contribution is -2.43. The van der Waals surface area contributed by atoms with E-state index >= 15 is 0 Å². The lowest BCUT2D eigenvalue weighted by Gasteiger charge is -2.39. The summed E-state index contributed by atoms with van der Waals surface area (Å²) in [6, 6.07) is 11.5. The smallest absolute Gasteiger partial charge is 0.257 e. The summed E-state index contributed by atoms with van der Waals surface area (Å²) >= 11 is 0. The molecule has 212 valence electrons. The first-order valence-electron chi connectivity index (χ1n) is 13.7. The first kappa shape index (κ1) is 28.1. The topological polar surface area (TPSA) is 116 Å². The maximum absolute atomic E-state index is 13.4. The minimum Gasteiger partial charge on any atom is -0.322 e.